The van der Waals surface area contributed by atoms with E-state index in [-0.39, 0.29) is 19.6 Å². The fraction of sp³-hybridized carbons (Fsp3) is 0.733. The Labute approximate surface area is 332 Å². The summed E-state index contributed by atoms with van der Waals surface area (Å²) < 4.78 is 21.9. The average molecular weight is 777 g/mol. The third-order valence-electron chi connectivity index (χ3n) is 9.61. The Balaban J connectivity index is 2.46. The van der Waals surface area contributed by atoms with Crippen LogP contribution in [0.25, 0.3) is 0 Å². The first kappa shape index (κ1) is 50.4. The van der Waals surface area contributed by atoms with Crippen LogP contribution in [-0.4, -0.2) is 89.0 Å². The number of esters is 2. The summed E-state index contributed by atoms with van der Waals surface area (Å²) in [5.41, 5.74) is 0. The Morgan fingerprint density at radius 1 is 0.600 bits per heavy atom. The van der Waals surface area contributed by atoms with Gasteiger partial charge in [-0.1, -0.05) is 184 Å². The average Bonchev–Trinajstić information content (AvgIpc) is 3.18. The van der Waals surface area contributed by atoms with E-state index >= 15 is 0 Å². The molecule has 0 amide bonds. The fourth-order valence-electron chi connectivity index (χ4n) is 6.19. The highest BCUT2D eigenvalue weighted by Crippen LogP contribution is 2.22. The van der Waals surface area contributed by atoms with Crippen LogP contribution in [-0.2, 0) is 28.5 Å². The van der Waals surface area contributed by atoms with Gasteiger partial charge < -0.3 is 39.4 Å². The van der Waals surface area contributed by atoms with Crippen LogP contribution in [0, 0.1) is 0 Å². The maximum atomic E-state index is 12.7. The topological polar surface area (TPSA) is 152 Å². The molecule has 0 bridgehead atoms. The van der Waals surface area contributed by atoms with E-state index in [1.54, 1.807) is 18.2 Å². The summed E-state index contributed by atoms with van der Waals surface area (Å²) in [5, 5.41) is 40.0. The second-order valence-electron chi connectivity index (χ2n) is 14.6. The summed E-state index contributed by atoms with van der Waals surface area (Å²) in [6, 6.07) is 0. The van der Waals surface area contributed by atoms with E-state index in [9.17, 15) is 30.0 Å². The number of rotatable bonds is 34. The number of unbranched alkanes of at least 4 members (excludes halogenated alkanes) is 19. The Kier molecular flexibility index (Phi) is 32.8. The fourth-order valence-corrected chi connectivity index (χ4v) is 6.19. The van der Waals surface area contributed by atoms with Crippen molar-refractivity contribution in [2.45, 2.75) is 192 Å². The largest absolute Gasteiger partial charge is 0.458 e. The monoisotopic (exact) mass is 777 g/mol. The number of carbonyl (C=O) groups excluding carboxylic acids is 2. The van der Waals surface area contributed by atoms with Crippen molar-refractivity contribution < 1.29 is 49.0 Å². The zero-order valence-electron chi connectivity index (χ0n) is 34.2. The highest BCUT2D eigenvalue weighted by Gasteiger charge is 2.44. The van der Waals surface area contributed by atoms with Crippen molar-refractivity contribution in [3.05, 3.63) is 60.8 Å². The van der Waals surface area contributed by atoms with Crippen molar-refractivity contribution in [2.24, 2.45) is 0 Å². The third kappa shape index (κ3) is 27.6. The van der Waals surface area contributed by atoms with Crippen molar-refractivity contribution >= 4 is 11.9 Å². The van der Waals surface area contributed by atoms with Gasteiger partial charge in [-0.05, 0) is 19.3 Å². The molecule has 1 aliphatic heterocycles. The van der Waals surface area contributed by atoms with Crippen molar-refractivity contribution in [2.75, 3.05) is 19.8 Å². The number of aliphatic hydroxyl groups excluding tert-OH is 4. The van der Waals surface area contributed by atoms with Crippen LogP contribution in [0.2, 0.25) is 0 Å². The van der Waals surface area contributed by atoms with Crippen molar-refractivity contribution in [3.8, 4) is 0 Å². The van der Waals surface area contributed by atoms with Crippen LogP contribution in [0.4, 0.5) is 0 Å². The molecule has 0 aromatic heterocycles. The van der Waals surface area contributed by atoms with Gasteiger partial charge in [0.25, 0.3) is 0 Å². The minimum Gasteiger partial charge on any atom is -0.458 e. The van der Waals surface area contributed by atoms with E-state index in [4.69, 9.17) is 18.9 Å². The van der Waals surface area contributed by atoms with Crippen molar-refractivity contribution in [1.29, 1.82) is 0 Å². The lowest BCUT2D eigenvalue weighted by molar-refractivity contribution is -0.305. The Morgan fingerprint density at radius 2 is 1.09 bits per heavy atom. The van der Waals surface area contributed by atoms with Gasteiger partial charge in [-0.25, -0.2) is 4.79 Å². The molecule has 0 aromatic rings. The molecule has 4 N–H and O–H groups in total. The molecule has 1 heterocycles. The van der Waals surface area contributed by atoms with E-state index < -0.39 is 55.4 Å². The number of ether oxygens (including phenoxy) is 4. The Hall–Kier alpha value is -2.60. The molecule has 1 saturated heterocycles. The Bertz CT molecular complexity index is 1080. The molecule has 0 aliphatic carbocycles. The molecule has 1 aliphatic rings. The van der Waals surface area contributed by atoms with E-state index in [1.165, 1.54) is 109 Å². The number of carbonyl (C=O) groups is 2. The molecule has 10 heteroatoms. The number of hydrogen-bond donors (Lipinski definition) is 4. The van der Waals surface area contributed by atoms with Crippen LogP contribution in [0.5, 0.6) is 0 Å². The third-order valence-corrected chi connectivity index (χ3v) is 9.61. The summed E-state index contributed by atoms with van der Waals surface area (Å²) in [7, 11) is 0. The maximum absolute atomic E-state index is 12.7. The summed E-state index contributed by atoms with van der Waals surface area (Å²) in [4.78, 5) is 25.1. The van der Waals surface area contributed by atoms with Gasteiger partial charge in [0.1, 0.15) is 31.0 Å². The SMILES string of the molecule is CCCCCCCCCC=CC=CC=CC=CC=CC(=O)OCC(CO[C@@H]1O[C@H](CO)[C@H](O)[C@H](O)[C@@H]1O)OC(=O)CCCCCCCCCCCCCCC. The lowest BCUT2D eigenvalue weighted by atomic mass is 9.99. The van der Waals surface area contributed by atoms with Gasteiger partial charge in [0.15, 0.2) is 12.4 Å². The van der Waals surface area contributed by atoms with Crippen LogP contribution in [0.15, 0.2) is 60.8 Å². The Morgan fingerprint density at radius 3 is 1.64 bits per heavy atom. The second kappa shape index (κ2) is 35.8. The lowest BCUT2D eigenvalue weighted by Crippen LogP contribution is -2.59. The lowest BCUT2D eigenvalue weighted by Gasteiger charge is -2.39. The van der Waals surface area contributed by atoms with E-state index in [2.05, 4.69) is 26.0 Å². The van der Waals surface area contributed by atoms with Gasteiger partial charge in [-0.15, -0.1) is 0 Å². The normalized spacial score (nSPS) is 21.2. The van der Waals surface area contributed by atoms with Crippen LogP contribution in [0.1, 0.15) is 155 Å². The summed E-state index contributed by atoms with van der Waals surface area (Å²) in [6.07, 6.45) is 35.8. The van der Waals surface area contributed by atoms with Crippen molar-refractivity contribution in [3.63, 3.8) is 0 Å². The summed E-state index contributed by atoms with van der Waals surface area (Å²) >= 11 is 0. The zero-order valence-corrected chi connectivity index (χ0v) is 34.2. The smallest absolute Gasteiger partial charge is 0.330 e. The standard InChI is InChI=1S/C45H76O10/c1-3-5-7-9-11-13-15-17-18-19-20-22-23-25-27-29-31-33-40(47)52-36-38(37-53-45-44(51)43(50)42(49)39(35-46)55-45)54-41(48)34-32-30-28-26-24-21-16-14-12-10-8-6-4-2/h18-20,22-23,25,27,29,31,33,38-39,42-46,49-51H,3-17,21,24,26,28,30,32,34-37H2,1-2H3/t38?,39-,42+,43+,44+,45-/m1/s1. The summed E-state index contributed by atoms with van der Waals surface area (Å²) in [5.74, 6) is -1.12. The molecule has 0 spiro atoms. The van der Waals surface area contributed by atoms with Gasteiger partial charge in [0.2, 0.25) is 0 Å². The number of aliphatic hydroxyl groups is 4. The predicted molar refractivity (Wildman–Crippen MR) is 219 cm³/mol. The molecule has 0 saturated carbocycles. The molecular formula is C45H76O10. The van der Waals surface area contributed by atoms with Gasteiger partial charge in [-0.2, -0.15) is 0 Å². The predicted octanol–water partition coefficient (Wildman–Crippen LogP) is 8.66. The van der Waals surface area contributed by atoms with Crippen LogP contribution in [0.3, 0.4) is 0 Å². The summed E-state index contributed by atoms with van der Waals surface area (Å²) in [6.45, 7) is 3.23. The first-order valence-electron chi connectivity index (χ1n) is 21.5. The highest BCUT2D eigenvalue weighted by atomic mass is 16.7. The molecule has 1 fully saturated rings. The van der Waals surface area contributed by atoms with Crippen LogP contribution < -0.4 is 0 Å². The molecule has 6 atom stereocenters. The van der Waals surface area contributed by atoms with Gasteiger partial charge in [0, 0.05) is 12.5 Å². The van der Waals surface area contributed by atoms with E-state index in [0.29, 0.717) is 6.42 Å². The van der Waals surface area contributed by atoms with Crippen molar-refractivity contribution in [1.82, 2.24) is 0 Å². The molecule has 55 heavy (non-hydrogen) atoms. The molecule has 1 unspecified atom stereocenters. The second-order valence-corrected chi connectivity index (χ2v) is 14.6. The minimum absolute atomic E-state index is 0.200. The first-order valence-corrected chi connectivity index (χ1v) is 21.5. The molecule has 316 valence electrons. The zero-order chi connectivity index (χ0) is 40.2. The quantitative estimate of drug-likeness (QED) is 0.0216. The number of allylic oxidation sites excluding steroid dienone is 9. The molecule has 0 aromatic carbocycles. The molecule has 1 rings (SSSR count). The first-order chi connectivity index (χ1) is 26.8. The maximum Gasteiger partial charge on any atom is 0.330 e. The number of hydrogen-bond acceptors (Lipinski definition) is 10. The minimum atomic E-state index is -1.62. The van der Waals surface area contributed by atoms with Gasteiger partial charge in [0.05, 0.1) is 13.2 Å². The van der Waals surface area contributed by atoms with Gasteiger partial charge in [-0.3, -0.25) is 4.79 Å². The van der Waals surface area contributed by atoms with Crippen LogP contribution >= 0.6 is 0 Å². The molecule has 10 nitrogen and oxygen atoms in total. The van der Waals surface area contributed by atoms with Gasteiger partial charge >= 0.3 is 11.9 Å². The molecular weight excluding hydrogens is 700 g/mol. The van der Waals surface area contributed by atoms with E-state index in [1.807, 2.05) is 24.3 Å². The highest BCUT2D eigenvalue weighted by molar-refractivity contribution is 5.82. The molecule has 0 radical (unpaired) electrons. The van der Waals surface area contributed by atoms with E-state index in [0.717, 1.165) is 25.7 Å².